The summed E-state index contributed by atoms with van der Waals surface area (Å²) in [5.74, 6) is 0. The fraction of sp³-hybridized carbons (Fsp3) is 0.125. The van der Waals surface area contributed by atoms with Crippen LogP contribution in [0.5, 0.6) is 0 Å². The maximum absolute atomic E-state index is 4.20. The third kappa shape index (κ3) is 2.06. The van der Waals surface area contributed by atoms with E-state index in [1.807, 2.05) is 0 Å². The molecule has 2 aromatic rings. The highest BCUT2D eigenvalue weighted by Gasteiger charge is 2.04. The van der Waals surface area contributed by atoms with Gasteiger partial charge in [0.25, 0.3) is 0 Å². The smallest absolute Gasteiger partial charge is 0.0155 e. The van der Waals surface area contributed by atoms with Crippen molar-refractivity contribution >= 4 is 5.57 Å². The lowest BCUT2D eigenvalue weighted by Crippen LogP contribution is -1.90. The molecule has 0 spiro atoms. The minimum atomic E-state index is 1.10. The average Bonchev–Trinajstić information content (AvgIpc) is 2.29. The third-order valence-electron chi connectivity index (χ3n) is 2.84. The molecule has 0 saturated carbocycles. The maximum Gasteiger partial charge on any atom is -0.0155 e. The van der Waals surface area contributed by atoms with Crippen LogP contribution in [0.4, 0.5) is 0 Å². The molecule has 0 nitrogen and oxygen atoms in total. The summed E-state index contributed by atoms with van der Waals surface area (Å²) in [6.07, 6.45) is 0. The van der Waals surface area contributed by atoms with Crippen molar-refractivity contribution in [1.82, 2.24) is 0 Å². The van der Waals surface area contributed by atoms with Gasteiger partial charge in [0.1, 0.15) is 0 Å². The summed E-state index contributed by atoms with van der Waals surface area (Å²) in [7, 11) is 0. The number of hydrogen-bond donors (Lipinski definition) is 0. The second kappa shape index (κ2) is 4.36. The molecule has 0 saturated heterocycles. The van der Waals surface area contributed by atoms with Crippen LogP contribution in [0.25, 0.3) is 5.57 Å². The topological polar surface area (TPSA) is 0 Å². The molecule has 2 aromatic carbocycles. The van der Waals surface area contributed by atoms with Gasteiger partial charge in [-0.3, -0.25) is 0 Å². The van der Waals surface area contributed by atoms with Gasteiger partial charge in [-0.05, 0) is 36.1 Å². The summed E-state index contributed by atoms with van der Waals surface area (Å²) in [4.78, 5) is 0. The van der Waals surface area contributed by atoms with Crippen molar-refractivity contribution in [3.05, 3.63) is 77.4 Å². The Morgan fingerprint density at radius 1 is 0.938 bits per heavy atom. The number of hydrogen-bond acceptors (Lipinski definition) is 0. The third-order valence-corrected chi connectivity index (χ3v) is 2.84. The van der Waals surface area contributed by atoms with Crippen LogP contribution in [0.3, 0.4) is 0 Å². The minimum absolute atomic E-state index is 1.10. The second-order valence-corrected chi connectivity index (χ2v) is 4.16. The molecule has 0 radical (unpaired) electrons. The van der Waals surface area contributed by atoms with E-state index in [2.05, 4.69) is 69.0 Å². The lowest BCUT2D eigenvalue weighted by Gasteiger charge is -2.09. The normalized spacial score (nSPS) is 10.1. The largest absolute Gasteiger partial charge is 0.0905 e. The molecule has 0 unspecified atom stereocenters. The molecule has 0 bridgehead atoms. The van der Waals surface area contributed by atoms with E-state index < -0.39 is 0 Å². The number of rotatable bonds is 2. The molecular weight excluding hydrogens is 192 g/mol. The first kappa shape index (κ1) is 10.7. The van der Waals surface area contributed by atoms with Gasteiger partial charge in [-0.15, -0.1) is 0 Å². The van der Waals surface area contributed by atoms with E-state index in [4.69, 9.17) is 0 Å². The summed E-state index contributed by atoms with van der Waals surface area (Å²) >= 11 is 0. The summed E-state index contributed by atoms with van der Waals surface area (Å²) in [5, 5.41) is 0. The van der Waals surface area contributed by atoms with Gasteiger partial charge in [-0.1, -0.05) is 60.7 Å². The van der Waals surface area contributed by atoms with Crippen LogP contribution in [0.2, 0.25) is 0 Å². The monoisotopic (exact) mass is 208 g/mol. The van der Waals surface area contributed by atoms with E-state index >= 15 is 0 Å². The number of aryl methyl sites for hydroxylation is 2. The number of benzene rings is 2. The van der Waals surface area contributed by atoms with Crippen molar-refractivity contribution in [3.63, 3.8) is 0 Å². The molecule has 0 amide bonds. The molecule has 0 atom stereocenters. The lowest BCUT2D eigenvalue weighted by atomic mass is 9.95. The van der Waals surface area contributed by atoms with Crippen molar-refractivity contribution in [2.75, 3.05) is 0 Å². The molecule has 16 heavy (non-hydrogen) atoms. The predicted octanol–water partition coefficient (Wildman–Crippen LogP) is 4.36. The fourth-order valence-electron chi connectivity index (χ4n) is 1.90. The standard InChI is InChI=1S/C16H16/c1-12-7-6-9-15(11-12)14(3)16-10-5-4-8-13(16)2/h4-11H,3H2,1-2H3. The van der Waals surface area contributed by atoms with Crippen LogP contribution in [-0.4, -0.2) is 0 Å². The first-order valence-corrected chi connectivity index (χ1v) is 5.50. The van der Waals surface area contributed by atoms with Crippen LogP contribution in [0, 0.1) is 13.8 Å². The van der Waals surface area contributed by atoms with Crippen LogP contribution in [0.1, 0.15) is 22.3 Å². The zero-order chi connectivity index (χ0) is 11.5. The van der Waals surface area contributed by atoms with Crippen molar-refractivity contribution < 1.29 is 0 Å². The van der Waals surface area contributed by atoms with Crippen LogP contribution in [0.15, 0.2) is 55.1 Å². The van der Waals surface area contributed by atoms with Crippen LogP contribution in [-0.2, 0) is 0 Å². The summed E-state index contributed by atoms with van der Waals surface area (Å²) in [6.45, 7) is 8.42. The first-order valence-electron chi connectivity index (χ1n) is 5.50. The van der Waals surface area contributed by atoms with E-state index in [1.165, 1.54) is 22.3 Å². The minimum Gasteiger partial charge on any atom is -0.0905 e. The summed E-state index contributed by atoms with van der Waals surface area (Å²) < 4.78 is 0. The fourth-order valence-corrected chi connectivity index (χ4v) is 1.90. The van der Waals surface area contributed by atoms with Gasteiger partial charge >= 0.3 is 0 Å². The summed E-state index contributed by atoms with van der Waals surface area (Å²) in [6, 6.07) is 16.8. The summed E-state index contributed by atoms with van der Waals surface area (Å²) in [5.41, 5.74) is 6.07. The van der Waals surface area contributed by atoms with Gasteiger partial charge in [0, 0.05) is 0 Å². The molecule has 0 heterocycles. The van der Waals surface area contributed by atoms with Gasteiger partial charge in [0.15, 0.2) is 0 Å². The quantitative estimate of drug-likeness (QED) is 0.687. The van der Waals surface area contributed by atoms with E-state index in [1.54, 1.807) is 0 Å². The molecule has 2 rings (SSSR count). The highest BCUT2D eigenvalue weighted by Crippen LogP contribution is 2.24. The Hall–Kier alpha value is -1.82. The Balaban J connectivity index is 2.44. The van der Waals surface area contributed by atoms with Crippen LogP contribution < -0.4 is 0 Å². The highest BCUT2D eigenvalue weighted by atomic mass is 14.1. The Bertz CT molecular complexity index is 521. The predicted molar refractivity (Wildman–Crippen MR) is 70.5 cm³/mol. The Kier molecular flexibility index (Phi) is 2.91. The van der Waals surface area contributed by atoms with E-state index in [0.717, 1.165) is 5.57 Å². The molecule has 0 N–H and O–H groups in total. The average molecular weight is 208 g/mol. The molecule has 0 aromatic heterocycles. The molecule has 0 aliphatic heterocycles. The molecule has 0 heteroatoms. The Labute approximate surface area is 97.3 Å². The first-order chi connectivity index (χ1) is 7.68. The lowest BCUT2D eigenvalue weighted by molar-refractivity contribution is 1.40. The highest BCUT2D eigenvalue weighted by molar-refractivity contribution is 5.79. The van der Waals surface area contributed by atoms with Crippen molar-refractivity contribution in [3.8, 4) is 0 Å². The van der Waals surface area contributed by atoms with Gasteiger partial charge in [-0.2, -0.15) is 0 Å². The van der Waals surface area contributed by atoms with E-state index in [9.17, 15) is 0 Å². The molecule has 0 fully saturated rings. The van der Waals surface area contributed by atoms with Crippen molar-refractivity contribution in [2.45, 2.75) is 13.8 Å². The Morgan fingerprint density at radius 2 is 1.69 bits per heavy atom. The van der Waals surface area contributed by atoms with E-state index in [-0.39, 0.29) is 0 Å². The van der Waals surface area contributed by atoms with Gasteiger partial charge in [-0.25, -0.2) is 0 Å². The molecule has 80 valence electrons. The van der Waals surface area contributed by atoms with Crippen molar-refractivity contribution in [1.29, 1.82) is 0 Å². The molecular formula is C16H16. The zero-order valence-corrected chi connectivity index (χ0v) is 9.83. The SMILES string of the molecule is C=C(c1cccc(C)c1)c1ccccc1C. The van der Waals surface area contributed by atoms with E-state index in [0.29, 0.717) is 0 Å². The van der Waals surface area contributed by atoms with Crippen molar-refractivity contribution in [2.24, 2.45) is 0 Å². The van der Waals surface area contributed by atoms with Gasteiger partial charge in [0.2, 0.25) is 0 Å². The van der Waals surface area contributed by atoms with Crippen LogP contribution >= 0.6 is 0 Å². The molecule has 0 aliphatic rings. The molecule has 0 aliphatic carbocycles. The Morgan fingerprint density at radius 3 is 2.38 bits per heavy atom. The van der Waals surface area contributed by atoms with Gasteiger partial charge < -0.3 is 0 Å². The maximum atomic E-state index is 4.20. The second-order valence-electron chi connectivity index (χ2n) is 4.16. The van der Waals surface area contributed by atoms with Gasteiger partial charge in [0.05, 0.1) is 0 Å². The zero-order valence-electron chi connectivity index (χ0n) is 9.83.